The van der Waals surface area contributed by atoms with Gasteiger partial charge in [0.05, 0.1) is 0 Å². The normalized spacial score (nSPS) is 21.9. The summed E-state index contributed by atoms with van der Waals surface area (Å²) in [6.45, 7) is 6.17. The van der Waals surface area contributed by atoms with Crippen LogP contribution in [0.3, 0.4) is 0 Å². The third-order valence-corrected chi connectivity index (χ3v) is 3.94. The molecule has 0 spiro atoms. The highest BCUT2D eigenvalue weighted by Gasteiger charge is 2.52. The van der Waals surface area contributed by atoms with Gasteiger partial charge in [0.25, 0.3) is 5.91 Å². The summed E-state index contributed by atoms with van der Waals surface area (Å²) in [7, 11) is 0. The minimum absolute atomic E-state index is 0.130. The molecule has 0 saturated carbocycles. The van der Waals surface area contributed by atoms with E-state index >= 15 is 0 Å². The SMILES string of the molecule is CCCCC(=O)N1C(=O)[C@@H](OC(C)OCC)[C@H]1c1ccccc1. The number of ether oxygens (including phenoxy) is 2. The number of likely N-dealkylation sites (tertiary alicyclic amines) is 1. The first kappa shape index (κ1) is 17.6. The Bertz CT molecular complexity index is 531. The molecular weight excluding hydrogens is 294 g/mol. The van der Waals surface area contributed by atoms with Crippen molar-refractivity contribution < 1.29 is 19.1 Å². The summed E-state index contributed by atoms with van der Waals surface area (Å²) in [5.74, 6) is -0.402. The Kier molecular flexibility index (Phi) is 6.30. The lowest BCUT2D eigenvalue weighted by Crippen LogP contribution is -2.62. The van der Waals surface area contributed by atoms with Crippen molar-refractivity contribution in [2.45, 2.75) is 58.5 Å². The van der Waals surface area contributed by atoms with E-state index in [1.165, 1.54) is 4.90 Å². The molecule has 1 aliphatic heterocycles. The summed E-state index contributed by atoms with van der Waals surface area (Å²) in [5, 5.41) is 0. The lowest BCUT2D eigenvalue weighted by Gasteiger charge is -2.46. The van der Waals surface area contributed by atoms with Gasteiger partial charge in [0.2, 0.25) is 5.91 Å². The van der Waals surface area contributed by atoms with Crippen LogP contribution in [0.25, 0.3) is 0 Å². The second-order valence-electron chi connectivity index (χ2n) is 5.64. The van der Waals surface area contributed by atoms with Crippen molar-refractivity contribution in [2.75, 3.05) is 6.61 Å². The highest BCUT2D eigenvalue weighted by molar-refractivity contribution is 6.03. The predicted octanol–water partition coefficient (Wildman–Crippen LogP) is 3.05. The summed E-state index contributed by atoms with van der Waals surface area (Å²) in [4.78, 5) is 26.1. The fourth-order valence-electron chi connectivity index (χ4n) is 2.78. The molecule has 126 valence electrons. The lowest BCUT2D eigenvalue weighted by molar-refractivity contribution is -0.215. The molecule has 1 heterocycles. The zero-order valence-corrected chi connectivity index (χ0v) is 14.0. The highest BCUT2D eigenvalue weighted by Crippen LogP contribution is 2.38. The van der Waals surface area contributed by atoms with Crippen molar-refractivity contribution in [3.05, 3.63) is 35.9 Å². The molecule has 0 N–H and O–H groups in total. The first-order valence-electron chi connectivity index (χ1n) is 8.28. The van der Waals surface area contributed by atoms with E-state index in [2.05, 4.69) is 0 Å². The van der Waals surface area contributed by atoms with Crippen LogP contribution in [0.2, 0.25) is 0 Å². The number of benzene rings is 1. The lowest BCUT2D eigenvalue weighted by atomic mass is 9.90. The van der Waals surface area contributed by atoms with Gasteiger partial charge in [-0.25, -0.2) is 0 Å². The third-order valence-electron chi connectivity index (χ3n) is 3.94. The maximum atomic E-state index is 12.4. The van der Waals surface area contributed by atoms with Gasteiger partial charge in [-0.3, -0.25) is 14.5 Å². The first-order chi connectivity index (χ1) is 11.1. The molecule has 0 aliphatic carbocycles. The number of carbonyl (C=O) groups is 2. The van der Waals surface area contributed by atoms with E-state index in [9.17, 15) is 9.59 Å². The van der Waals surface area contributed by atoms with E-state index in [4.69, 9.17) is 9.47 Å². The van der Waals surface area contributed by atoms with Crippen LogP contribution in [0.1, 0.15) is 51.6 Å². The van der Waals surface area contributed by atoms with Crippen LogP contribution in [0, 0.1) is 0 Å². The summed E-state index contributed by atoms with van der Waals surface area (Å²) in [5.41, 5.74) is 0.908. The number of carbonyl (C=O) groups excluding carboxylic acids is 2. The molecule has 5 nitrogen and oxygen atoms in total. The molecule has 3 atom stereocenters. The largest absolute Gasteiger partial charge is 0.353 e. The Morgan fingerprint density at radius 1 is 1.26 bits per heavy atom. The van der Waals surface area contributed by atoms with Crippen molar-refractivity contribution >= 4 is 11.8 Å². The van der Waals surface area contributed by atoms with Gasteiger partial charge in [0.15, 0.2) is 12.4 Å². The molecule has 1 aromatic rings. The Balaban J connectivity index is 2.16. The van der Waals surface area contributed by atoms with Crippen LogP contribution in [0.4, 0.5) is 0 Å². The van der Waals surface area contributed by atoms with Gasteiger partial charge in [0, 0.05) is 13.0 Å². The number of hydrogen-bond donors (Lipinski definition) is 0. The Morgan fingerprint density at radius 2 is 1.96 bits per heavy atom. The summed E-state index contributed by atoms with van der Waals surface area (Å²) < 4.78 is 11.1. The van der Waals surface area contributed by atoms with E-state index < -0.39 is 12.4 Å². The molecule has 1 aliphatic rings. The quantitative estimate of drug-likeness (QED) is 0.546. The van der Waals surface area contributed by atoms with Gasteiger partial charge < -0.3 is 9.47 Å². The Hall–Kier alpha value is -1.72. The average Bonchev–Trinajstić information content (AvgIpc) is 2.56. The second-order valence-corrected chi connectivity index (χ2v) is 5.64. The topological polar surface area (TPSA) is 55.8 Å². The van der Waals surface area contributed by atoms with Gasteiger partial charge in [0.1, 0.15) is 6.04 Å². The number of unbranched alkanes of at least 4 members (excludes halogenated alkanes) is 1. The van der Waals surface area contributed by atoms with Crippen LogP contribution in [0.5, 0.6) is 0 Å². The Labute approximate surface area is 137 Å². The molecule has 1 fully saturated rings. The van der Waals surface area contributed by atoms with E-state index in [1.807, 2.05) is 44.2 Å². The molecule has 1 unspecified atom stereocenters. The molecule has 2 rings (SSSR count). The van der Waals surface area contributed by atoms with Crippen LogP contribution in [-0.2, 0) is 19.1 Å². The smallest absolute Gasteiger partial charge is 0.261 e. The maximum absolute atomic E-state index is 12.4. The van der Waals surface area contributed by atoms with Gasteiger partial charge in [-0.05, 0) is 25.8 Å². The van der Waals surface area contributed by atoms with Crippen molar-refractivity contribution in [1.29, 1.82) is 0 Å². The van der Waals surface area contributed by atoms with Crippen LogP contribution < -0.4 is 0 Å². The minimum Gasteiger partial charge on any atom is -0.353 e. The number of β-lactam (4-membered cyclic amide) rings is 1. The minimum atomic E-state index is -0.662. The zero-order valence-electron chi connectivity index (χ0n) is 14.0. The van der Waals surface area contributed by atoms with Crippen molar-refractivity contribution in [3.63, 3.8) is 0 Å². The highest BCUT2D eigenvalue weighted by atomic mass is 16.7. The molecule has 0 aromatic heterocycles. The Morgan fingerprint density at radius 3 is 2.57 bits per heavy atom. The molecule has 2 amide bonds. The molecule has 1 saturated heterocycles. The van der Waals surface area contributed by atoms with Crippen LogP contribution in [-0.4, -0.2) is 35.7 Å². The molecule has 0 radical (unpaired) electrons. The van der Waals surface area contributed by atoms with Crippen LogP contribution >= 0.6 is 0 Å². The summed E-state index contributed by atoms with van der Waals surface area (Å²) in [6, 6.07) is 9.17. The second kappa shape index (κ2) is 8.22. The summed E-state index contributed by atoms with van der Waals surface area (Å²) in [6.07, 6.45) is 0.952. The van der Waals surface area contributed by atoms with E-state index in [1.54, 1.807) is 6.92 Å². The summed E-state index contributed by atoms with van der Waals surface area (Å²) >= 11 is 0. The third kappa shape index (κ3) is 3.98. The van der Waals surface area contributed by atoms with Gasteiger partial charge in [-0.2, -0.15) is 0 Å². The fourth-order valence-corrected chi connectivity index (χ4v) is 2.78. The average molecular weight is 319 g/mol. The van der Waals surface area contributed by atoms with E-state index in [0.29, 0.717) is 13.0 Å². The standard InChI is InChI=1S/C18H25NO4/c1-4-6-12-15(20)19-16(14-10-8-7-9-11-14)17(18(19)21)23-13(3)22-5-2/h7-11,13,16-17H,4-6,12H2,1-3H3/t13?,16-,17+/m1/s1. The van der Waals surface area contributed by atoms with Gasteiger partial charge >= 0.3 is 0 Å². The van der Waals surface area contributed by atoms with Crippen molar-refractivity contribution in [2.24, 2.45) is 0 Å². The molecule has 5 heteroatoms. The van der Waals surface area contributed by atoms with Crippen molar-refractivity contribution in [1.82, 2.24) is 4.90 Å². The molecule has 0 bridgehead atoms. The van der Waals surface area contributed by atoms with Gasteiger partial charge in [-0.1, -0.05) is 43.7 Å². The molecular formula is C18H25NO4. The van der Waals surface area contributed by atoms with Crippen molar-refractivity contribution in [3.8, 4) is 0 Å². The number of amides is 2. The van der Waals surface area contributed by atoms with Crippen LogP contribution in [0.15, 0.2) is 30.3 Å². The number of nitrogens with zero attached hydrogens (tertiary/aromatic N) is 1. The maximum Gasteiger partial charge on any atom is 0.261 e. The molecule has 1 aromatic carbocycles. The fraction of sp³-hybridized carbons (Fsp3) is 0.556. The molecule has 23 heavy (non-hydrogen) atoms. The number of imide groups is 1. The predicted molar refractivity (Wildman–Crippen MR) is 86.5 cm³/mol. The van der Waals surface area contributed by atoms with E-state index in [-0.39, 0.29) is 17.9 Å². The first-order valence-corrected chi connectivity index (χ1v) is 8.28. The zero-order chi connectivity index (χ0) is 16.8. The van der Waals surface area contributed by atoms with Gasteiger partial charge in [-0.15, -0.1) is 0 Å². The number of hydrogen-bond acceptors (Lipinski definition) is 4. The number of rotatable bonds is 8. The monoisotopic (exact) mass is 319 g/mol. The van der Waals surface area contributed by atoms with E-state index in [0.717, 1.165) is 18.4 Å².